The second-order valence-corrected chi connectivity index (χ2v) is 4.98. The molecule has 0 radical (unpaired) electrons. The van der Waals surface area contributed by atoms with Crippen LogP contribution in [0.3, 0.4) is 0 Å². The molecule has 1 unspecified atom stereocenters. The van der Waals surface area contributed by atoms with Gasteiger partial charge in [0.2, 0.25) is 0 Å². The van der Waals surface area contributed by atoms with Crippen molar-refractivity contribution in [1.29, 1.82) is 5.26 Å². The van der Waals surface area contributed by atoms with Gasteiger partial charge in [-0.15, -0.1) is 0 Å². The number of nitro groups is 1. The van der Waals surface area contributed by atoms with E-state index in [-0.39, 0.29) is 16.7 Å². The minimum atomic E-state index is -0.333. The second-order valence-electron chi connectivity index (χ2n) is 4.98. The summed E-state index contributed by atoms with van der Waals surface area (Å²) in [7, 11) is 0. The average Bonchev–Trinajstić information content (AvgIpc) is 2.47. The zero-order chi connectivity index (χ0) is 14.5. The molecule has 106 valence electrons. The molecule has 2 rings (SSSR count). The van der Waals surface area contributed by atoms with Crippen molar-refractivity contribution >= 4 is 11.4 Å². The Morgan fingerprint density at radius 1 is 1.35 bits per heavy atom. The van der Waals surface area contributed by atoms with Gasteiger partial charge in [0.05, 0.1) is 17.4 Å². The third kappa shape index (κ3) is 3.06. The maximum absolute atomic E-state index is 11.1. The Balaban J connectivity index is 2.05. The number of para-hydroxylation sites is 2. The Labute approximate surface area is 118 Å². The number of benzene rings is 1. The van der Waals surface area contributed by atoms with Gasteiger partial charge in [-0.05, 0) is 13.0 Å². The molecule has 1 heterocycles. The van der Waals surface area contributed by atoms with E-state index in [4.69, 9.17) is 5.26 Å². The van der Waals surface area contributed by atoms with Crippen molar-refractivity contribution in [3.05, 3.63) is 34.4 Å². The molecule has 1 atom stereocenters. The molecule has 0 bridgehead atoms. The minimum Gasteiger partial charge on any atom is -0.363 e. The molecule has 0 spiro atoms. The molecule has 0 N–H and O–H groups in total. The first-order valence-electron chi connectivity index (χ1n) is 6.73. The quantitative estimate of drug-likeness (QED) is 0.620. The molecule has 0 saturated carbocycles. The first-order valence-corrected chi connectivity index (χ1v) is 6.73. The van der Waals surface area contributed by atoms with Crippen molar-refractivity contribution in [2.75, 3.05) is 31.1 Å². The Kier molecular flexibility index (Phi) is 4.53. The molecule has 1 aliphatic rings. The largest absolute Gasteiger partial charge is 0.363 e. The van der Waals surface area contributed by atoms with Gasteiger partial charge in [0.15, 0.2) is 0 Å². The monoisotopic (exact) mass is 274 g/mol. The standard InChI is InChI=1S/C14H18N4O2/c1-12(6-7-15)16-8-10-17(11-9-16)13-4-2-3-5-14(13)18(19)20/h2-5,12H,6,8-11H2,1H3. The van der Waals surface area contributed by atoms with Gasteiger partial charge in [-0.25, -0.2) is 0 Å². The number of rotatable bonds is 4. The zero-order valence-electron chi connectivity index (χ0n) is 11.5. The maximum Gasteiger partial charge on any atom is 0.292 e. The lowest BCUT2D eigenvalue weighted by Crippen LogP contribution is -2.49. The van der Waals surface area contributed by atoms with Crippen LogP contribution >= 0.6 is 0 Å². The molecular weight excluding hydrogens is 256 g/mol. The highest BCUT2D eigenvalue weighted by atomic mass is 16.6. The molecule has 1 saturated heterocycles. The smallest absolute Gasteiger partial charge is 0.292 e. The van der Waals surface area contributed by atoms with E-state index in [1.54, 1.807) is 18.2 Å². The molecule has 0 aliphatic carbocycles. The molecule has 20 heavy (non-hydrogen) atoms. The number of piperazine rings is 1. The van der Waals surface area contributed by atoms with Crippen molar-refractivity contribution in [2.45, 2.75) is 19.4 Å². The fourth-order valence-electron chi connectivity index (χ4n) is 2.55. The van der Waals surface area contributed by atoms with Crippen molar-refractivity contribution in [3.63, 3.8) is 0 Å². The summed E-state index contributed by atoms with van der Waals surface area (Å²) in [5.74, 6) is 0. The van der Waals surface area contributed by atoms with Crippen LogP contribution in [0.5, 0.6) is 0 Å². The highest BCUT2D eigenvalue weighted by molar-refractivity contribution is 5.63. The summed E-state index contributed by atoms with van der Waals surface area (Å²) in [6, 6.07) is 9.28. The molecule has 1 aromatic rings. The second kappa shape index (κ2) is 6.35. The van der Waals surface area contributed by atoms with Crippen molar-refractivity contribution in [1.82, 2.24) is 4.90 Å². The van der Waals surface area contributed by atoms with Crippen LogP contribution in [0.2, 0.25) is 0 Å². The van der Waals surface area contributed by atoms with Gasteiger partial charge in [0.1, 0.15) is 5.69 Å². The predicted molar refractivity (Wildman–Crippen MR) is 76.6 cm³/mol. The van der Waals surface area contributed by atoms with E-state index in [9.17, 15) is 10.1 Å². The van der Waals surface area contributed by atoms with Gasteiger partial charge in [-0.2, -0.15) is 5.26 Å². The molecule has 6 heteroatoms. The predicted octanol–water partition coefficient (Wildman–Crippen LogP) is 2.02. The summed E-state index contributed by atoms with van der Waals surface area (Å²) >= 11 is 0. The number of nitrogens with zero attached hydrogens (tertiary/aromatic N) is 4. The number of nitro benzene ring substituents is 1. The van der Waals surface area contributed by atoms with Gasteiger partial charge in [0, 0.05) is 38.3 Å². The summed E-state index contributed by atoms with van der Waals surface area (Å²) in [6.07, 6.45) is 0.519. The summed E-state index contributed by atoms with van der Waals surface area (Å²) in [4.78, 5) is 15.0. The molecular formula is C14H18N4O2. The van der Waals surface area contributed by atoms with Crippen LogP contribution in [0, 0.1) is 21.4 Å². The van der Waals surface area contributed by atoms with Gasteiger partial charge in [-0.1, -0.05) is 12.1 Å². The van der Waals surface area contributed by atoms with Gasteiger partial charge in [-0.3, -0.25) is 15.0 Å². The Morgan fingerprint density at radius 3 is 2.60 bits per heavy atom. The fraction of sp³-hybridized carbons (Fsp3) is 0.500. The fourth-order valence-corrected chi connectivity index (χ4v) is 2.55. The van der Waals surface area contributed by atoms with Gasteiger partial charge in [0.25, 0.3) is 5.69 Å². The number of nitriles is 1. The summed E-state index contributed by atoms with van der Waals surface area (Å²) in [5, 5.41) is 19.8. The highest BCUT2D eigenvalue weighted by Crippen LogP contribution is 2.28. The van der Waals surface area contributed by atoms with Crippen LogP contribution in [0.25, 0.3) is 0 Å². The minimum absolute atomic E-state index is 0.158. The average molecular weight is 274 g/mol. The van der Waals surface area contributed by atoms with Crippen molar-refractivity contribution < 1.29 is 4.92 Å². The van der Waals surface area contributed by atoms with E-state index in [1.165, 1.54) is 0 Å². The lowest BCUT2D eigenvalue weighted by Gasteiger charge is -2.38. The zero-order valence-corrected chi connectivity index (χ0v) is 11.5. The lowest BCUT2D eigenvalue weighted by molar-refractivity contribution is -0.384. The first-order chi connectivity index (χ1) is 9.63. The highest BCUT2D eigenvalue weighted by Gasteiger charge is 2.25. The Bertz CT molecular complexity index is 518. The molecule has 1 aliphatic heterocycles. The summed E-state index contributed by atoms with van der Waals surface area (Å²) in [6.45, 7) is 5.20. The Hall–Kier alpha value is -2.13. The number of anilines is 1. The molecule has 0 aromatic heterocycles. The first kappa shape index (κ1) is 14.3. The van der Waals surface area contributed by atoms with Crippen LogP contribution < -0.4 is 4.90 Å². The third-order valence-corrected chi connectivity index (χ3v) is 3.74. The van der Waals surface area contributed by atoms with E-state index >= 15 is 0 Å². The maximum atomic E-state index is 11.1. The van der Waals surface area contributed by atoms with Crippen molar-refractivity contribution in [2.24, 2.45) is 0 Å². The number of hydrogen-bond acceptors (Lipinski definition) is 5. The van der Waals surface area contributed by atoms with Crippen LogP contribution in [0.15, 0.2) is 24.3 Å². The van der Waals surface area contributed by atoms with E-state index < -0.39 is 0 Å². The molecule has 0 amide bonds. The topological polar surface area (TPSA) is 73.4 Å². The van der Waals surface area contributed by atoms with E-state index in [2.05, 4.69) is 11.0 Å². The van der Waals surface area contributed by atoms with E-state index in [0.29, 0.717) is 12.1 Å². The van der Waals surface area contributed by atoms with Crippen LogP contribution in [-0.2, 0) is 0 Å². The third-order valence-electron chi connectivity index (χ3n) is 3.74. The summed E-state index contributed by atoms with van der Waals surface area (Å²) < 4.78 is 0. The van der Waals surface area contributed by atoms with Crippen LogP contribution in [0.4, 0.5) is 11.4 Å². The van der Waals surface area contributed by atoms with Gasteiger partial charge >= 0.3 is 0 Å². The van der Waals surface area contributed by atoms with Gasteiger partial charge < -0.3 is 4.90 Å². The van der Waals surface area contributed by atoms with E-state index in [1.807, 2.05) is 17.9 Å². The van der Waals surface area contributed by atoms with Crippen LogP contribution in [-0.4, -0.2) is 42.0 Å². The van der Waals surface area contributed by atoms with E-state index in [0.717, 1.165) is 26.2 Å². The van der Waals surface area contributed by atoms with Crippen molar-refractivity contribution in [3.8, 4) is 6.07 Å². The Morgan fingerprint density at radius 2 is 2.00 bits per heavy atom. The molecule has 1 fully saturated rings. The molecule has 1 aromatic carbocycles. The van der Waals surface area contributed by atoms with Crippen LogP contribution in [0.1, 0.15) is 13.3 Å². The SMILES string of the molecule is CC(CC#N)N1CCN(c2ccccc2[N+](=O)[O-])CC1. The normalized spacial score (nSPS) is 17.5. The lowest BCUT2D eigenvalue weighted by atomic mass is 10.1. The molecule has 6 nitrogen and oxygen atoms in total. The number of hydrogen-bond donors (Lipinski definition) is 0. The summed E-state index contributed by atoms with van der Waals surface area (Å²) in [5.41, 5.74) is 0.844.